The van der Waals surface area contributed by atoms with E-state index < -0.39 is 18.1 Å². The SMILES string of the molecule is COc1c(O)ccc(C[C@H](Cc2cc[nH]c2)[C@H](O)CC(=O)[C@H](Cc2cc[nH]c2)Cc2ccc(O)c(OCNC[C@H](C)O)c2)c1Cc1cccc2ccccc12. The number of H-pyrrole nitrogens is 2. The summed E-state index contributed by atoms with van der Waals surface area (Å²) in [5.41, 5.74) is 5.66. The Hall–Kier alpha value is -5.55. The Morgan fingerprint density at radius 2 is 1.49 bits per heavy atom. The molecule has 4 atom stereocenters. The number of carbonyl (C=O) groups is 1. The summed E-state index contributed by atoms with van der Waals surface area (Å²) in [6, 6.07) is 26.9. The number of aromatic hydroxyl groups is 2. The molecule has 2 aromatic heterocycles. The molecule has 4 aromatic carbocycles. The van der Waals surface area contributed by atoms with E-state index in [9.17, 15) is 25.2 Å². The second-order valence-electron chi connectivity index (χ2n) is 14.4. The number of phenols is 2. The van der Waals surface area contributed by atoms with Gasteiger partial charge in [-0.05, 0) is 107 Å². The number of ether oxygens (including phenoxy) is 2. The van der Waals surface area contributed by atoms with Gasteiger partial charge in [0.05, 0.1) is 19.3 Å². The van der Waals surface area contributed by atoms with E-state index in [0.29, 0.717) is 44.4 Å². The van der Waals surface area contributed by atoms with Crippen LogP contribution in [-0.2, 0) is 36.9 Å². The maximum Gasteiger partial charge on any atom is 0.164 e. The first-order valence-corrected chi connectivity index (χ1v) is 18.8. The smallest absolute Gasteiger partial charge is 0.164 e. The van der Waals surface area contributed by atoms with E-state index in [1.165, 1.54) is 0 Å². The van der Waals surface area contributed by atoms with Crippen molar-refractivity contribution in [3.05, 3.63) is 143 Å². The minimum absolute atomic E-state index is 0.0233. The van der Waals surface area contributed by atoms with Gasteiger partial charge in [-0.15, -0.1) is 0 Å². The summed E-state index contributed by atoms with van der Waals surface area (Å²) < 4.78 is 11.5. The summed E-state index contributed by atoms with van der Waals surface area (Å²) in [5, 5.41) is 48.2. The quantitative estimate of drug-likeness (QED) is 0.0339. The van der Waals surface area contributed by atoms with Gasteiger partial charge in [0, 0.05) is 55.7 Å². The van der Waals surface area contributed by atoms with Crippen molar-refractivity contribution in [3.63, 3.8) is 0 Å². The summed E-state index contributed by atoms with van der Waals surface area (Å²) in [4.78, 5) is 20.5. The molecule has 0 fully saturated rings. The molecular weight excluding hydrogens is 695 g/mol. The molecule has 0 aliphatic carbocycles. The number of nitrogens with one attached hydrogen (secondary N) is 3. The minimum Gasteiger partial charge on any atom is -0.504 e. The molecule has 0 bridgehead atoms. The number of fused-ring (bicyclic) bond motifs is 1. The van der Waals surface area contributed by atoms with Crippen molar-refractivity contribution in [2.24, 2.45) is 11.8 Å². The fourth-order valence-corrected chi connectivity index (χ4v) is 7.41. The highest BCUT2D eigenvalue weighted by atomic mass is 16.5. The van der Waals surface area contributed by atoms with Gasteiger partial charge >= 0.3 is 0 Å². The molecule has 10 heteroatoms. The maximum absolute atomic E-state index is 14.3. The third-order valence-electron chi connectivity index (χ3n) is 10.3. The number of ketones is 1. The Labute approximate surface area is 321 Å². The lowest BCUT2D eigenvalue weighted by molar-refractivity contribution is -0.125. The number of methoxy groups -OCH3 is 1. The number of carbonyl (C=O) groups excluding carboxylic acids is 1. The number of aromatic nitrogens is 2. The molecule has 0 aliphatic heterocycles. The molecule has 6 aromatic rings. The van der Waals surface area contributed by atoms with Crippen LogP contribution in [0.15, 0.2) is 110 Å². The second-order valence-corrected chi connectivity index (χ2v) is 14.4. The fourth-order valence-electron chi connectivity index (χ4n) is 7.41. The van der Waals surface area contributed by atoms with Crippen LogP contribution in [0.3, 0.4) is 0 Å². The molecule has 0 unspecified atom stereocenters. The number of aliphatic hydroxyl groups is 2. The second kappa shape index (κ2) is 18.7. The average Bonchev–Trinajstić information content (AvgIpc) is 3.90. The van der Waals surface area contributed by atoms with Crippen LogP contribution in [0.5, 0.6) is 23.0 Å². The number of hydrogen-bond acceptors (Lipinski definition) is 8. The molecule has 0 saturated heterocycles. The van der Waals surface area contributed by atoms with Gasteiger partial charge in [-0.3, -0.25) is 10.1 Å². The zero-order chi connectivity index (χ0) is 38.7. The molecule has 6 rings (SSSR count). The van der Waals surface area contributed by atoms with E-state index in [1.807, 2.05) is 61.2 Å². The number of hydrogen-bond donors (Lipinski definition) is 7. The Kier molecular flexibility index (Phi) is 13.3. The highest BCUT2D eigenvalue weighted by molar-refractivity contribution is 5.86. The summed E-state index contributed by atoms with van der Waals surface area (Å²) in [6.07, 6.45) is 8.22. The highest BCUT2D eigenvalue weighted by Gasteiger charge is 2.29. The molecule has 0 amide bonds. The largest absolute Gasteiger partial charge is 0.504 e. The standard InChI is InChI=1S/C45H51N3O7/c1-29(49)25-48-28-55-44-21-30(10-12-40(44)50)18-36(19-31-14-16-46-26-31)42(52)24-43(53)37(20-32-15-17-47-27-32)22-35-11-13-41(51)45(54-2)39(35)23-34-8-5-7-33-6-3-4-9-38(33)34/h3-17,21,26-27,29,36-37,43,46-51,53H,18-20,22-25,28H2,1-2H3/t29-,36-,37-,43+/m0/s1. The molecule has 0 saturated carbocycles. The lowest BCUT2D eigenvalue weighted by Crippen LogP contribution is -2.31. The van der Waals surface area contributed by atoms with Gasteiger partial charge in [0.2, 0.25) is 0 Å². The predicted octanol–water partition coefficient (Wildman–Crippen LogP) is 6.64. The van der Waals surface area contributed by atoms with Gasteiger partial charge in [0.1, 0.15) is 12.5 Å². The number of rotatable bonds is 20. The van der Waals surface area contributed by atoms with E-state index in [-0.39, 0.29) is 42.1 Å². The summed E-state index contributed by atoms with van der Waals surface area (Å²) >= 11 is 0. The summed E-state index contributed by atoms with van der Waals surface area (Å²) in [7, 11) is 1.55. The molecule has 2 heterocycles. The first-order valence-electron chi connectivity index (χ1n) is 18.8. The normalized spacial score (nSPS) is 13.7. The molecular formula is C45H51N3O7. The van der Waals surface area contributed by atoms with Crippen molar-refractivity contribution < 1.29 is 34.7 Å². The molecule has 10 nitrogen and oxygen atoms in total. The monoisotopic (exact) mass is 745 g/mol. The number of aromatic amines is 2. The van der Waals surface area contributed by atoms with Gasteiger partial charge in [-0.25, -0.2) is 0 Å². The van der Waals surface area contributed by atoms with Crippen LogP contribution >= 0.6 is 0 Å². The zero-order valence-corrected chi connectivity index (χ0v) is 31.4. The van der Waals surface area contributed by atoms with E-state index in [0.717, 1.165) is 44.2 Å². The number of Topliss-reactive ketones (excluding diaryl/α,β-unsaturated/α-hetero) is 1. The molecule has 0 aliphatic rings. The lowest BCUT2D eigenvalue weighted by Gasteiger charge is -2.26. The van der Waals surface area contributed by atoms with E-state index >= 15 is 0 Å². The average molecular weight is 746 g/mol. The maximum atomic E-state index is 14.3. The van der Waals surface area contributed by atoms with Gasteiger partial charge in [0.15, 0.2) is 23.0 Å². The van der Waals surface area contributed by atoms with Crippen molar-refractivity contribution in [1.82, 2.24) is 15.3 Å². The van der Waals surface area contributed by atoms with Crippen molar-refractivity contribution >= 4 is 16.6 Å². The first kappa shape index (κ1) is 39.2. The number of aliphatic hydroxyl groups excluding tert-OH is 2. The van der Waals surface area contributed by atoms with E-state index in [1.54, 1.807) is 38.3 Å². The van der Waals surface area contributed by atoms with Crippen LogP contribution < -0.4 is 14.8 Å². The van der Waals surface area contributed by atoms with Crippen molar-refractivity contribution in [2.45, 2.75) is 57.7 Å². The lowest BCUT2D eigenvalue weighted by atomic mass is 9.81. The third kappa shape index (κ3) is 10.4. The van der Waals surface area contributed by atoms with Gasteiger partial charge < -0.3 is 39.9 Å². The third-order valence-corrected chi connectivity index (χ3v) is 10.3. The van der Waals surface area contributed by atoms with Crippen molar-refractivity contribution in [3.8, 4) is 23.0 Å². The van der Waals surface area contributed by atoms with E-state index in [2.05, 4.69) is 39.6 Å². The first-order chi connectivity index (χ1) is 26.7. The van der Waals surface area contributed by atoms with Crippen LogP contribution in [0.4, 0.5) is 0 Å². The Bertz CT molecular complexity index is 2120. The van der Waals surface area contributed by atoms with E-state index in [4.69, 9.17) is 9.47 Å². The van der Waals surface area contributed by atoms with Crippen LogP contribution in [0.1, 0.15) is 46.7 Å². The van der Waals surface area contributed by atoms with Crippen LogP contribution in [0.2, 0.25) is 0 Å². The van der Waals surface area contributed by atoms with Crippen LogP contribution in [0, 0.1) is 11.8 Å². The molecule has 55 heavy (non-hydrogen) atoms. The predicted molar refractivity (Wildman–Crippen MR) is 214 cm³/mol. The molecule has 7 N–H and O–H groups in total. The minimum atomic E-state index is -0.972. The fraction of sp³-hybridized carbons (Fsp3) is 0.311. The molecule has 288 valence electrons. The number of benzene rings is 4. The zero-order valence-electron chi connectivity index (χ0n) is 31.4. The van der Waals surface area contributed by atoms with Gasteiger partial charge in [-0.2, -0.15) is 0 Å². The van der Waals surface area contributed by atoms with Crippen molar-refractivity contribution in [2.75, 3.05) is 20.4 Å². The topological polar surface area (TPSA) is 160 Å². The molecule has 0 spiro atoms. The Balaban J connectivity index is 1.25. The Morgan fingerprint density at radius 3 is 2.22 bits per heavy atom. The van der Waals surface area contributed by atoms with Crippen LogP contribution in [-0.4, -0.2) is 68.8 Å². The van der Waals surface area contributed by atoms with Crippen LogP contribution in [0.25, 0.3) is 10.8 Å². The van der Waals surface area contributed by atoms with Gasteiger partial charge in [-0.1, -0.05) is 54.6 Å². The van der Waals surface area contributed by atoms with Crippen molar-refractivity contribution in [1.29, 1.82) is 0 Å². The molecule has 0 radical (unpaired) electrons. The highest BCUT2D eigenvalue weighted by Crippen LogP contribution is 2.37. The summed E-state index contributed by atoms with van der Waals surface area (Å²) in [6.45, 7) is 2.10. The summed E-state index contributed by atoms with van der Waals surface area (Å²) in [5.74, 6) is -0.162. The van der Waals surface area contributed by atoms with Gasteiger partial charge in [0.25, 0.3) is 0 Å². The Morgan fingerprint density at radius 1 is 0.782 bits per heavy atom. The number of phenolic OH excluding ortho intramolecular Hbond substituents is 2.